The fraction of sp³-hybridized carbons (Fsp3) is 0.643. The number of pyridine rings is 1. The second kappa shape index (κ2) is 4.43. The van der Waals surface area contributed by atoms with Gasteiger partial charge in [-0.2, -0.15) is 0 Å². The summed E-state index contributed by atoms with van der Waals surface area (Å²) in [5, 5.41) is 3.31. The normalized spacial score (nSPS) is 23.9. The zero-order chi connectivity index (χ0) is 14.5. The molecule has 1 aromatic heterocycles. The number of hydrogen-bond acceptors (Lipinski definition) is 4. The lowest BCUT2D eigenvalue weighted by Gasteiger charge is -2.32. The Kier molecular flexibility index (Phi) is 3.06. The number of nitrogens with one attached hydrogen (secondary N) is 1. The van der Waals surface area contributed by atoms with Gasteiger partial charge in [-0.1, -0.05) is 0 Å². The number of anilines is 1. The molecule has 0 radical (unpaired) electrons. The van der Waals surface area contributed by atoms with Crippen molar-refractivity contribution in [3.8, 4) is 0 Å². The number of hydrogen-bond donors (Lipinski definition) is 1. The zero-order valence-electron chi connectivity index (χ0n) is 12.4. The van der Waals surface area contributed by atoms with E-state index in [1.165, 1.54) is 12.3 Å². The number of halogens is 1. The van der Waals surface area contributed by atoms with Crippen LogP contribution in [0.15, 0.2) is 12.3 Å². The highest BCUT2D eigenvalue weighted by atomic mass is 19.1. The molecule has 3 rings (SSSR count). The summed E-state index contributed by atoms with van der Waals surface area (Å²) in [6, 6.07) is 1.88. The molecule has 1 aliphatic heterocycles. The largest absolute Gasteiger partial charge is 0.498 e. The Bertz CT molecular complexity index is 516. The van der Waals surface area contributed by atoms with E-state index in [1.807, 2.05) is 27.7 Å². The Labute approximate surface area is 119 Å². The third kappa shape index (κ3) is 2.42. The first kappa shape index (κ1) is 13.8. The quantitative estimate of drug-likeness (QED) is 0.860. The summed E-state index contributed by atoms with van der Waals surface area (Å²) in [5.74, 6) is 0.281. The van der Waals surface area contributed by atoms with Crippen molar-refractivity contribution in [1.82, 2.24) is 4.98 Å². The molecule has 2 heterocycles. The molecule has 4 nitrogen and oxygen atoms in total. The SMILES string of the molecule is CC1(C)OB(c2cc(F)cnc2NC2CC2)OC1(C)C. The summed E-state index contributed by atoms with van der Waals surface area (Å²) in [4.78, 5) is 4.15. The van der Waals surface area contributed by atoms with Gasteiger partial charge in [-0.15, -0.1) is 0 Å². The molecule has 1 saturated carbocycles. The van der Waals surface area contributed by atoms with Crippen LogP contribution in [0.4, 0.5) is 10.2 Å². The minimum atomic E-state index is -0.593. The van der Waals surface area contributed by atoms with Crippen LogP contribution in [0.1, 0.15) is 40.5 Å². The molecule has 0 atom stereocenters. The fourth-order valence-electron chi connectivity index (χ4n) is 2.15. The molecular formula is C14H20BFN2O2. The van der Waals surface area contributed by atoms with Crippen LogP contribution >= 0.6 is 0 Å². The third-order valence-electron chi connectivity index (χ3n) is 4.31. The van der Waals surface area contributed by atoms with Gasteiger partial charge >= 0.3 is 7.12 Å². The fourth-order valence-corrected chi connectivity index (χ4v) is 2.15. The van der Waals surface area contributed by atoms with Crippen molar-refractivity contribution in [1.29, 1.82) is 0 Å². The van der Waals surface area contributed by atoms with E-state index >= 15 is 0 Å². The Hall–Kier alpha value is -1.14. The second-order valence-corrected chi connectivity index (χ2v) is 6.60. The zero-order valence-corrected chi connectivity index (χ0v) is 12.4. The minimum absolute atomic E-state index is 0.379. The molecule has 0 aromatic carbocycles. The minimum Gasteiger partial charge on any atom is -0.399 e. The second-order valence-electron chi connectivity index (χ2n) is 6.60. The van der Waals surface area contributed by atoms with Crippen molar-refractivity contribution >= 4 is 18.4 Å². The van der Waals surface area contributed by atoms with Crippen LogP contribution < -0.4 is 10.8 Å². The molecular weight excluding hydrogens is 258 g/mol. The van der Waals surface area contributed by atoms with Gasteiger partial charge in [-0.05, 0) is 46.6 Å². The van der Waals surface area contributed by atoms with Crippen molar-refractivity contribution in [2.45, 2.75) is 57.8 Å². The third-order valence-corrected chi connectivity index (χ3v) is 4.31. The summed E-state index contributed by atoms with van der Waals surface area (Å²) in [6.45, 7) is 7.92. The predicted octanol–water partition coefficient (Wildman–Crippen LogP) is 2.09. The van der Waals surface area contributed by atoms with Crippen LogP contribution in [-0.2, 0) is 9.31 Å². The summed E-state index contributed by atoms with van der Waals surface area (Å²) in [6.07, 6.45) is 3.48. The number of aromatic nitrogens is 1. The van der Waals surface area contributed by atoms with Gasteiger partial charge in [0, 0.05) is 11.5 Å². The van der Waals surface area contributed by atoms with Crippen LogP contribution in [-0.4, -0.2) is 29.3 Å². The van der Waals surface area contributed by atoms with Crippen molar-refractivity contribution in [2.75, 3.05) is 5.32 Å². The Morgan fingerprint density at radius 1 is 1.25 bits per heavy atom. The molecule has 0 bridgehead atoms. The van der Waals surface area contributed by atoms with E-state index in [4.69, 9.17) is 9.31 Å². The maximum absolute atomic E-state index is 13.5. The molecule has 0 amide bonds. The average molecular weight is 278 g/mol. The van der Waals surface area contributed by atoms with Gasteiger partial charge in [0.2, 0.25) is 0 Å². The molecule has 6 heteroatoms. The lowest BCUT2D eigenvalue weighted by atomic mass is 9.79. The lowest BCUT2D eigenvalue weighted by molar-refractivity contribution is 0.00578. The van der Waals surface area contributed by atoms with Crippen LogP contribution in [0.5, 0.6) is 0 Å². The number of nitrogens with zero attached hydrogens (tertiary/aromatic N) is 1. The van der Waals surface area contributed by atoms with E-state index < -0.39 is 18.3 Å². The van der Waals surface area contributed by atoms with E-state index in [-0.39, 0.29) is 5.82 Å². The van der Waals surface area contributed by atoms with Gasteiger partial charge in [-0.3, -0.25) is 0 Å². The van der Waals surface area contributed by atoms with Crippen molar-refractivity contribution in [3.05, 3.63) is 18.1 Å². The molecule has 2 fully saturated rings. The summed E-state index contributed by atoms with van der Waals surface area (Å²) in [7, 11) is -0.593. The molecule has 1 aromatic rings. The maximum atomic E-state index is 13.5. The van der Waals surface area contributed by atoms with Crippen molar-refractivity contribution in [2.24, 2.45) is 0 Å². The van der Waals surface area contributed by atoms with Gasteiger partial charge < -0.3 is 14.6 Å². The molecule has 1 saturated heterocycles. The highest BCUT2D eigenvalue weighted by Gasteiger charge is 2.52. The molecule has 0 unspecified atom stereocenters. The van der Waals surface area contributed by atoms with E-state index in [1.54, 1.807) is 0 Å². The average Bonchev–Trinajstić information content (AvgIpc) is 3.10. The van der Waals surface area contributed by atoms with E-state index in [2.05, 4.69) is 10.3 Å². The monoisotopic (exact) mass is 278 g/mol. The molecule has 2 aliphatic rings. The standard InChI is InChI=1S/C14H20BFN2O2/c1-13(2)14(3,4)20-15(19-13)11-7-9(16)8-17-12(11)18-10-5-6-10/h7-8,10H,5-6H2,1-4H3,(H,17,18). The van der Waals surface area contributed by atoms with Gasteiger partial charge in [0.15, 0.2) is 0 Å². The summed E-state index contributed by atoms with van der Waals surface area (Å²) >= 11 is 0. The highest BCUT2D eigenvalue weighted by molar-refractivity contribution is 6.63. The lowest BCUT2D eigenvalue weighted by Crippen LogP contribution is -2.41. The van der Waals surface area contributed by atoms with Crippen LogP contribution in [0, 0.1) is 5.82 Å². The maximum Gasteiger partial charge on any atom is 0.498 e. The topological polar surface area (TPSA) is 43.4 Å². The molecule has 108 valence electrons. The van der Waals surface area contributed by atoms with Gasteiger partial charge in [0.25, 0.3) is 0 Å². The predicted molar refractivity (Wildman–Crippen MR) is 76.6 cm³/mol. The number of rotatable bonds is 3. The summed E-state index contributed by atoms with van der Waals surface area (Å²) < 4.78 is 25.5. The Morgan fingerprint density at radius 2 is 1.85 bits per heavy atom. The van der Waals surface area contributed by atoms with Crippen molar-refractivity contribution in [3.63, 3.8) is 0 Å². The Morgan fingerprint density at radius 3 is 2.40 bits per heavy atom. The van der Waals surface area contributed by atoms with Gasteiger partial charge in [-0.25, -0.2) is 9.37 Å². The van der Waals surface area contributed by atoms with Gasteiger partial charge in [0.05, 0.1) is 17.4 Å². The first-order chi connectivity index (χ1) is 9.28. The summed E-state index contributed by atoms with van der Waals surface area (Å²) in [5.41, 5.74) is -0.252. The first-order valence-corrected chi connectivity index (χ1v) is 7.06. The van der Waals surface area contributed by atoms with Gasteiger partial charge in [0.1, 0.15) is 11.6 Å². The van der Waals surface area contributed by atoms with Crippen LogP contribution in [0.2, 0.25) is 0 Å². The van der Waals surface area contributed by atoms with Crippen LogP contribution in [0.3, 0.4) is 0 Å². The van der Waals surface area contributed by atoms with E-state index in [0.29, 0.717) is 17.3 Å². The molecule has 1 N–H and O–H groups in total. The molecule has 1 aliphatic carbocycles. The van der Waals surface area contributed by atoms with Crippen molar-refractivity contribution < 1.29 is 13.7 Å². The first-order valence-electron chi connectivity index (χ1n) is 7.06. The highest BCUT2D eigenvalue weighted by Crippen LogP contribution is 2.37. The smallest absolute Gasteiger partial charge is 0.399 e. The Balaban J connectivity index is 1.91. The van der Waals surface area contributed by atoms with Crippen LogP contribution in [0.25, 0.3) is 0 Å². The molecule has 0 spiro atoms. The van der Waals surface area contributed by atoms with E-state index in [9.17, 15) is 4.39 Å². The van der Waals surface area contributed by atoms with E-state index in [0.717, 1.165) is 12.8 Å². The molecule has 20 heavy (non-hydrogen) atoms.